The highest BCUT2D eigenvalue weighted by atomic mass is 16.3. The Kier molecular flexibility index (Phi) is 2.65. The molecule has 0 spiro atoms. The lowest BCUT2D eigenvalue weighted by atomic mass is 10.1. The minimum atomic E-state index is 0.198. The second kappa shape index (κ2) is 4.83. The molecule has 0 aliphatic rings. The number of phenolic OH excluding ortho intramolecular Hbond substituents is 1. The monoisotopic (exact) mass is 311 g/mol. The first-order valence-electron chi connectivity index (χ1n) is 7.81. The Bertz CT molecular complexity index is 1220. The van der Waals surface area contributed by atoms with Crippen molar-refractivity contribution in [3.63, 3.8) is 0 Å². The van der Waals surface area contributed by atoms with Gasteiger partial charge in [-0.25, -0.2) is 4.98 Å². The molecule has 0 aliphatic heterocycles. The van der Waals surface area contributed by atoms with Crippen molar-refractivity contribution in [1.82, 2.24) is 4.98 Å². The minimum Gasteiger partial charge on any atom is -0.506 e. The van der Waals surface area contributed by atoms with E-state index in [1.54, 1.807) is 0 Å². The fourth-order valence-electron chi connectivity index (χ4n) is 3.20. The Morgan fingerprint density at radius 3 is 2.21 bits per heavy atom. The van der Waals surface area contributed by atoms with E-state index in [0.29, 0.717) is 11.5 Å². The molecule has 24 heavy (non-hydrogen) atoms. The summed E-state index contributed by atoms with van der Waals surface area (Å²) in [7, 11) is 0. The number of oxazole rings is 1. The molecule has 0 saturated carbocycles. The molecule has 0 unspecified atom stereocenters. The van der Waals surface area contributed by atoms with Crippen LogP contribution in [0.4, 0.5) is 0 Å². The third-order valence-electron chi connectivity index (χ3n) is 4.41. The Morgan fingerprint density at radius 2 is 1.38 bits per heavy atom. The summed E-state index contributed by atoms with van der Waals surface area (Å²) in [4.78, 5) is 4.65. The van der Waals surface area contributed by atoms with Crippen molar-refractivity contribution in [2.24, 2.45) is 0 Å². The molecule has 0 aliphatic carbocycles. The van der Waals surface area contributed by atoms with E-state index >= 15 is 0 Å². The first-order valence-corrected chi connectivity index (χ1v) is 7.81. The van der Waals surface area contributed by atoms with Gasteiger partial charge in [-0.1, -0.05) is 60.7 Å². The average Bonchev–Trinajstić information content (AvgIpc) is 3.07. The molecule has 1 aromatic heterocycles. The second-order valence-electron chi connectivity index (χ2n) is 5.84. The summed E-state index contributed by atoms with van der Waals surface area (Å²) in [6.45, 7) is 0. The van der Waals surface area contributed by atoms with Crippen LogP contribution in [0, 0.1) is 0 Å². The predicted octanol–water partition coefficient (Wildman–Crippen LogP) is 5.51. The first kappa shape index (κ1) is 13.1. The Hall–Kier alpha value is -3.33. The van der Waals surface area contributed by atoms with Gasteiger partial charge in [0.25, 0.3) is 0 Å². The lowest BCUT2D eigenvalue weighted by Crippen LogP contribution is -1.81. The van der Waals surface area contributed by atoms with Crippen LogP contribution in [0.5, 0.6) is 5.75 Å². The lowest BCUT2D eigenvalue weighted by molar-refractivity contribution is 0.480. The van der Waals surface area contributed by atoms with E-state index in [1.165, 1.54) is 0 Å². The van der Waals surface area contributed by atoms with Gasteiger partial charge in [-0.3, -0.25) is 0 Å². The summed E-state index contributed by atoms with van der Waals surface area (Å²) in [5, 5.41) is 14.6. The van der Waals surface area contributed by atoms with Crippen LogP contribution in [0.3, 0.4) is 0 Å². The number of benzene rings is 4. The van der Waals surface area contributed by atoms with E-state index in [2.05, 4.69) is 11.1 Å². The summed E-state index contributed by atoms with van der Waals surface area (Å²) in [5.74, 6) is 0.633. The number of nitrogens with zero attached hydrogens (tertiary/aromatic N) is 1. The number of fused-ring (bicyclic) bond motifs is 4. The molecule has 114 valence electrons. The summed E-state index contributed by atoms with van der Waals surface area (Å²) >= 11 is 0. The molecular formula is C21H13NO2. The van der Waals surface area contributed by atoms with Gasteiger partial charge in [0, 0.05) is 10.8 Å². The fourth-order valence-corrected chi connectivity index (χ4v) is 3.20. The number of hydrogen-bond donors (Lipinski definition) is 1. The fraction of sp³-hybridized carbons (Fsp3) is 0. The van der Waals surface area contributed by atoms with Crippen LogP contribution in [0.25, 0.3) is 44.1 Å². The van der Waals surface area contributed by atoms with E-state index in [-0.39, 0.29) is 5.75 Å². The van der Waals surface area contributed by atoms with Crippen LogP contribution in [0.1, 0.15) is 0 Å². The number of aromatic hydroxyl groups is 1. The number of hydrogen-bond acceptors (Lipinski definition) is 3. The normalized spacial score (nSPS) is 11.5. The molecule has 0 saturated heterocycles. The average molecular weight is 311 g/mol. The lowest BCUT2D eigenvalue weighted by Gasteiger charge is -2.04. The zero-order valence-corrected chi connectivity index (χ0v) is 12.7. The zero-order valence-electron chi connectivity index (χ0n) is 12.7. The largest absolute Gasteiger partial charge is 0.506 e. The molecular weight excluding hydrogens is 298 g/mol. The maximum Gasteiger partial charge on any atom is 0.231 e. The molecule has 1 heterocycles. The van der Waals surface area contributed by atoms with Gasteiger partial charge in [0.15, 0.2) is 5.58 Å². The van der Waals surface area contributed by atoms with E-state index in [4.69, 9.17) is 4.42 Å². The van der Waals surface area contributed by atoms with Crippen molar-refractivity contribution in [3.8, 4) is 17.2 Å². The molecule has 0 bridgehead atoms. The highest BCUT2D eigenvalue weighted by Crippen LogP contribution is 2.37. The second-order valence-corrected chi connectivity index (χ2v) is 5.84. The van der Waals surface area contributed by atoms with Crippen molar-refractivity contribution in [2.45, 2.75) is 0 Å². The third kappa shape index (κ3) is 1.82. The van der Waals surface area contributed by atoms with Crippen molar-refractivity contribution < 1.29 is 9.52 Å². The summed E-state index contributed by atoms with van der Waals surface area (Å²) in [6.07, 6.45) is 0. The molecule has 1 N–H and O–H groups in total. The van der Waals surface area contributed by atoms with Gasteiger partial charge in [0.2, 0.25) is 5.89 Å². The Balaban J connectivity index is 1.80. The summed E-state index contributed by atoms with van der Waals surface area (Å²) in [6, 6.07) is 23.6. The van der Waals surface area contributed by atoms with Crippen LogP contribution in [0.15, 0.2) is 77.2 Å². The smallest absolute Gasteiger partial charge is 0.231 e. The number of rotatable bonds is 1. The highest BCUT2D eigenvalue weighted by molar-refractivity contribution is 6.04. The van der Waals surface area contributed by atoms with Gasteiger partial charge < -0.3 is 9.52 Å². The molecule has 5 aromatic rings. The number of aromatic nitrogens is 1. The highest BCUT2D eigenvalue weighted by Gasteiger charge is 2.15. The van der Waals surface area contributed by atoms with E-state index < -0.39 is 0 Å². The summed E-state index contributed by atoms with van der Waals surface area (Å²) < 4.78 is 5.92. The first-order chi connectivity index (χ1) is 11.8. The summed E-state index contributed by atoms with van der Waals surface area (Å²) in [5.41, 5.74) is 2.14. The van der Waals surface area contributed by atoms with E-state index in [0.717, 1.165) is 32.6 Å². The zero-order chi connectivity index (χ0) is 16.1. The van der Waals surface area contributed by atoms with Crippen LogP contribution in [-0.2, 0) is 0 Å². The number of phenols is 1. The van der Waals surface area contributed by atoms with Crippen molar-refractivity contribution in [3.05, 3.63) is 72.8 Å². The van der Waals surface area contributed by atoms with Gasteiger partial charge in [-0.15, -0.1) is 0 Å². The standard InChI is InChI=1S/C21H13NO2/c23-20-16-8-4-2-6-14(16)9-11-17(20)21-22-19-15-7-3-1-5-13(15)10-12-18(19)24-21/h1-12,23H. The molecule has 0 radical (unpaired) electrons. The van der Waals surface area contributed by atoms with Crippen LogP contribution in [-0.4, -0.2) is 10.1 Å². The maximum absolute atomic E-state index is 10.6. The molecule has 3 nitrogen and oxygen atoms in total. The third-order valence-corrected chi connectivity index (χ3v) is 4.41. The van der Waals surface area contributed by atoms with Crippen molar-refractivity contribution in [2.75, 3.05) is 0 Å². The van der Waals surface area contributed by atoms with Gasteiger partial charge >= 0.3 is 0 Å². The molecule has 0 atom stereocenters. The van der Waals surface area contributed by atoms with Crippen LogP contribution < -0.4 is 0 Å². The van der Waals surface area contributed by atoms with E-state index in [1.807, 2.05) is 66.7 Å². The van der Waals surface area contributed by atoms with Gasteiger partial charge in [0.05, 0.1) is 5.56 Å². The molecule has 0 amide bonds. The van der Waals surface area contributed by atoms with E-state index in [9.17, 15) is 5.11 Å². The van der Waals surface area contributed by atoms with Gasteiger partial charge in [0.1, 0.15) is 11.3 Å². The quantitative estimate of drug-likeness (QED) is 0.444. The Labute approximate surface area is 137 Å². The maximum atomic E-state index is 10.6. The van der Waals surface area contributed by atoms with Crippen LogP contribution in [0.2, 0.25) is 0 Å². The molecule has 5 rings (SSSR count). The molecule has 4 aromatic carbocycles. The van der Waals surface area contributed by atoms with Crippen molar-refractivity contribution >= 4 is 32.6 Å². The SMILES string of the molecule is Oc1c(-c2nc3c(ccc4ccccc43)o2)ccc2ccccc12. The molecule has 3 heteroatoms. The minimum absolute atomic E-state index is 0.198. The van der Waals surface area contributed by atoms with Gasteiger partial charge in [-0.2, -0.15) is 0 Å². The Morgan fingerprint density at radius 1 is 0.708 bits per heavy atom. The van der Waals surface area contributed by atoms with Crippen LogP contribution >= 0.6 is 0 Å². The van der Waals surface area contributed by atoms with Crippen molar-refractivity contribution in [1.29, 1.82) is 0 Å². The predicted molar refractivity (Wildman–Crippen MR) is 96.1 cm³/mol. The van der Waals surface area contributed by atoms with Gasteiger partial charge in [-0.05, 0) is 22.9 Å². The molecule has 0 fully saturated rings. The topological polar surface area (TPSA) is 46.3 Å².